The highest BCUT2D eigenvalue weighted by molar-refractivity contribution is 5.42. The molecule has 1 fully saturated rings. The van der Waals surface area contributed by atoms with Crippen molar-refractivity contribution in [2.45, 2.75) is 31.4 Å². The van der Waals surface area contributed by atoms with Crippen LogP contribution in [0.3, 0.4) is 0 Å². The zero-order valence-corrected chi connectivity index (χ0v) is 11.2. The second kappa shape index (κ2) is 5.96. The maximum atomic E-state index is 5.99. The molecule has 100 valence electrons. The molecule has 1 aliphatic carbocycles. The summed E-state index contributed by atoms with van der Waals surface area (Å²) in [6, 6.07) is 6.21. The van der Waals surface area contributed by atoms with Gasteiger partial charge in [-0.1, -0.05) is 0 Å². The monoisotopic (exact) mass is 251 g/mol. The Morgan fingerprint density at radius 2 is 1.61 bits per heavy atom. The van der Waals surface area contributed by atoms with Crippen LogP contribution in [0.2, 0.25) is 0 Å². The van der Waals surface area contributed by atoms with E-state index in [1.165, 1.54) is 6.42 Å². The van der Waals surface area contributed by atoms with Crippen molar-refractivity contribution in [3.05, 3.63) is 18.2 Å². The number of rotatable bonds is 5. The van der Waals surface area contributed by atoms with Gasteiger partial charge in [0, 0.05) is 24.2 Å². The lowest BCUT2D eigenvalue weighted by molar-refractivity contribution is 0.205. The van der Waals surface area contributed by atoms with Crippen LogP contribution < -0.4 is 19.5 Å². The van der Waals surface area contributed by atoms with Crippen LogP contribution in [-0.2, 0) is 0 Å². The fraction of sp³-hybridized carbons (Fsp3) is 0.571. The highest BCUT2D eigenvalue weighted by atomic mass is 16.5. The molecule has 0 amide bonds. The minimum atomic E-state index is 0.277. The molecule has 18 heavy (non-hydrogen) atoms. The zero-order chi connectivity index (χ0) is 13.0. The standard InChI is InChI=1S/C14H21NO3/c1-15-10-4-5-11(6-10)18-14-8-12(16-2)7-13(9-14)17-3/h7-11,15H,4-6H2,1-3H3. The Morgan fingerprint density at radius 3 is 2.11 bits per heavy atom. The maximum absolute atomic E-state index is 5.99. The number of ether oxygens (including phenoxy) is 3. The zero-order valence-electron chi connectivity index (χ0n) is 11.2. The van der Waals surface area contributed by atoms with Gasteiger partial charge in [-0.05, 0) is 26.3 Å². The fourth-order valence-corrected chi connectivity index (χ4v) is 2.35. The molecule has 4 nitrogen and oxygen atoms in total. The van der Waals surface area contributed by atoms with Crippen molar-refractivity contribution in [2.75, 3.05) is 21.3 Å². The summed E-state index contributed by atoms with van der Waals surface area (Å²) in [5.41, 5.74) is 0. The van der Waals surface area contributed by atoms with E-state index in [0.29, 0.717) is 6.04 Å². The van der Waals surface area contributed by atoms with Crippen LogP contribution in [0.4, 0.5) is 0 Å². The molecule has 1 aliphatic rings. The lowest BCUT2D eigenvalue weighted by Crippen LogP contribution is -2.23. The predicted molar refractivity (Wildman–Crippen MR) is 70.7 cm³/mol. The molecule has 0 aliphatic heterocycles. The van der Waals surface area contributed by atoms with Crippen LogP contribution in [0.25, 0.3) is 0 Å². The van der Waals surface area contributed by atoms with Gasteiger partial charge in [-0.2, -0.15) is 0 Å². The Hall–Kier alpha value is -1.42. The first-order valence-corrected chi connectivity index (χ1v) is 6.32. The third-order valence-electron chi connectivity index (χ3n) is 3.42. The molecule has 0 bridgehead atoms. The average molecular weight is 251 g/mol. The van der Waals surface area contributed by atoms with Gasteiger partial charge in [-0.25, -0.2) is 0 Å². The van der Waals surface area contributed by atoms with Crippen molar-refractivity contribution in [2.24, 2.45) is 0 Å². The summed E-state index contributed by atoms with van der Waals surface area (Å²) < 4.78 is 16.5. The number of hydrogen-bond acceptors (Lipinski definition) is 4. The van der Waals surface area contributed by atoms with E-state index in [1.54, 1.807) is 14.2 Å². The minimum Gasteiger partial charge on any atom is -0.496 e. The summed E-state index contributed by atoms with van der Waals surface area (Å²) in [6.07, 6.45) is 3.59. The quantitative estimate of drug-likeness (QED) is 0.871. The Labute approximate surface area is 108 Å². The van der Waals surface area contributed by atoms with Crippen molar-refractivity contribution in [3.63, 3.8) is 0 Å². The van der Waals surface area contributed by atoms with Crippen LogP contribution in [0, 0.1) is 0 Å². The molecule has 1 aromatic rings. The first-order chi connectivity index (χ1) is 8.75. The average Bonchev–Trinajstić information content (AvgIpc) is 2.85. The van der Waals surface area contributed by atoms with Gasteiger partial charge in [0.05, 0.1) is 14.2 Å². The molecular formula is C14H21NO3. The van der Waals surface area contributed by atoms with Crippen molar-refractivity contribution in [1.29, 1.82) is 0 Å². The van der Waals surface area contributed by atoms with Crippen LogP contribution >= 0.6 is 0 Å². The van der Waals surface area contributed by atoms with Crippen LogP contribution in [0.1, 0.15) is 19.3 Å². The highest BCUT2D eigenvalue weighted by Gasteiger charge is 2.25. The molecule has 1 saturated carbocycles. The van der Waals surface area contributed by atoms with Gasteiger partial charge >= 0.3 is 0 Å². The Morgan fingerprint density at radius 1 is 1.00 bits per heavy atom. The Balaban J connectivity index is 2.04. The van der Waals surface area contributed by atoms with Gasteiger partial charge < -0.3 is 19.5 Å². The van der Waals surface area contributed by atoms with Crippen molar-refractivity contribution in [1.82, 2.24) is 5.32 Å². The van der Waals surface area contributed by atoms with Gasteiger partial charge in [-0.3, -0.25) is 0 Å². The van der Waals surface area contributed by atoms with Crippen molar-refractivity contribution < 1.29 is 14.2 Å². The molecule has 0 radical (unpaired) electrons. The number of nitrogens with one attached hydrogen (secondary N) is 1. The molecule has 0 heterocycles. The lowest BCUT2D eigenvalue weighted by atomic mass is 10.2. The van der Waals surface area contributed by atoms with E-state index < -0.39 is 0 Å². The molecule has 1 aromatic carbocycles. The fourth-order valence-electron chi connectivity index (χ4n) is 2.35. The highest BCUT2D eigenvalue weighted by Crippen LogP contribution is 2.30. The van der Waals surface area contributed by atoms with E-state index in [9.17, 15) is 0 Å². The molecule has 0 saturated heterocycles. The minimum absolute atomic E-state index is 0.277. The first kappa shape index (κ1) is 13.0. The van der Waals surface area contributed by atoms with Crippen molar-refractivity contribution in [3.8, 4) is 17.2 Å². The molecule has 0 spiro atoms. The van der Waals surface area contributed by atoms with E-state index in [1.807, 2.05) is 25.2 Å². The molecule has 2 unspecified atom stereocenters. The molecular weight excluding hydrogens is 230 g/mol. The van der Waals surface area contributed by atoms with E-state index >= 15 is 0 Å². The number of methoxy groups -OCH3 is 2. The Kier molecular flexibility index (Phi) is 4.31. The molecule has 2 rings (SSSR count). The molecule has 4 heteroatoms. The summed E-state index contributed by atoms with van der Waals surface area (Å²) in [4.78, 5) is 0. The van der Waals surface area contributed by atoms with E-state index in [4.69, 9.17) is 14.2 Å². The summed E-state index contributed by atoms with van der Waals surface area (Å²) >= 11 is 0. The maximum Gasteiger partial charge on any atom is 0.127 e. The second-order valence-corrected chi connectivity index (χ2v) is 4.59. The van der Waals surface area contributed by atoms with Crippen LogP contribution in [-0.4, -0.2) is 33.4 Å². The largest absolute Gasteiger partial charge is 0.496 e. The van der Waals surface area contributed by atoms with Gasteiger partial charge in [0.15, 0.2) is 0 Å². The van der Waals surface area contributed by atoms with Gasteiger partial charge in [0.1, 0.15) is 23.4 Å². The second-order valence-electron chi connectivity index (χ2n) is 4.59. The SMILES string of the molecule is CNC1CCC(Oc2cc(OC)cc(OC)c2)C1. The number of benzene rings is 1. The predicted octanol–water partition coefficient (Wildman–Crippen LogP) is 2.22. The lowest BCUT2D eigenvalue weighted by Gasteiger charge is -2.15. The summed E-state index contributed by atoms with van der Waals surface area (Å²) in [5.74, 6) is 2.33. The smallest absolute Gasteiger partial charge is 0.127 e. The molecule has 1 N–H and O–H groups in total. The summed E-state index contributed by atoms with van der Waals surface area (Å²) in [5, 5.41) is 3.30. The summed E-state index contributed by atoms with van der Waals surface area (Å²) in [6.45, 7) is 0. The van der Waals surface area contributed by atoms with Crippen LogP contribution in [0.5, 0.6) is 17.2 Å². The van der Waals surface area contributed by atoms with Gasteiger partial charge in [0.2, 0.25) is 0 Å². The third-order valence-corrected chi connectivity index (χ3v) is 3.42. The van der Waals surface area contributed by atoms with E-state index in [-0.39, 0.29) is 6.10 Å². The first-order valence-electron chi connectivity index (χ1n) is 6.32. The van der Waals surface area contributed by atoms with Gasteiger partial charge in [0.25, 0.3) is 0 Å². The summed E-state index contributed by atoms with van der Waals surface area (Å²) in [7, 11) is 5.29. The number of hydrogen-bond donors (Lipinski definition) is 1. The molecule has 0 aromatic heterocycles. The normalized spacial score (nSPS) is 22.8. The molecule has 2 atom stereocenters. The third kappa shape index (κ3) is 3.07. The van der Waals surface area contributed by atoms with E-state index in [0.717, 1.165) is 30.1 Å². The topological polar surface area (TPSA) is 39.7 Å². The Bertz CT molecular complexity index is 372. The van der Waals surface area contributed by atoms with Crippen molar-refractivity contribution >= 4 is 0 Å². The van der Waals surface area contributed by atoms with Gasteiger partial charge in [-0.15, -0.1) is 0 Å². The van der Waals surface area contributed by atoms with Crippen LogP contribution in [0.15, 0.2) is 18.2 Å². The van der Waals surface area contributed by atoms with E-state index in [2.05, 4.69) is 5.32 Å².